The molecule has 92 valence electrons. The Hall–Kier alpha value is -2.69. The zero-order valence-electron chi connectivity index (χ0n) is 9.30. The molecule has 0 aliphatic rings. The first-order valence-electron chi connectivity index (χ1n) is 5.00. The minimum Gasteiger partial charge on any atom is -0.504 e. The van der Waals surface area contributed by atoms with Gasteiger partial charge in [-0.05, 0) is 12.1 Å². The van der Waals surface area contributed by atoms with Crippen LogP contribution in [0.5, 0.6) is 17.2 Å². The van der Waals surface area contributed by atoms with Crippen molar-refractivity contribution in [1.82, 2.24) is 0 Å². The molecular formula is C13H10O5. The summed E-state index contributed by atoms with van der Waals surface area (Å²) in [5, 5.41) is 28.3. The van der Waals surface area contributed by atoms with Crippen LogP contribution in [-0.4, -0.2) is 15.3 Å². The predicted molar refractivity (Wildman–Crippen MR) is 67.7 cm³/mol. The molecule has 0 saturated carbocycles. The Morgan fingerprint density at radius 3 is 2.33 bits per heavy atom. The summed E-state index contributed by atoms with van der Waals surface area (Å²) >= 11 is 0. The van der Waals surface area contributed by atoms with Gasteiger partial charge in [-0.15, -0.1) is 0 Å². The molecule has 0 bridgehead atoms. The highest BCUT2D eigenvalue weighted by Gasteiger charge is 2.18. The van der Waals surface area contributed by atoms with Gasteiger partial charge in [-0.3, -0.25) is 4.79 Å². The third-order valence-electron chi connectivity index (χ3n) is 2.56. The molecule has 1 aromatic heterocycles. The molecule has 0 atom stereocenters. The van der Waals surface area contributed by atoms with E-state index in [1.165, 1.54) is 12.2 Å². The maximum Gasteiger partial charge on any atom is 0.205 e. The molecule has 0 unspecified atom stereocenters. The largest absolute Gasteiger partial charge is 0.504 e. The van der Waals surface area contributed by atoms with Gasteiger partial charge >= 0.3 is 0 Å². The van der Waals surface area contributed by atoms with Crippen LogP contribution in [-0.2, 0) is 0 Å². The fourth-order valence-corrected chi connectivity index (χ4v) is 1.67. The third-order valence-corrected chi connectivity index (χ3v) is 2.56. The number of phenols is 3. The number of rotatable bonds is 2. The van der Waals surface area contributed by atoms with Crippen molar-refractivity contribution >= 4 is 23.1 Å². The normalized spacial score (nSPS) is 10.4. The summed E-state index contributed by atoms with van der Waals surface area (Å²) < 4.78 is 5.27. The lowest BCUT2D eigenvalue weighted by Gasteiger charge is -2.07. The molecule has 0 amide bonds. The number of fused-ring (bicyclic) bond motifs is 1. The number of hydrogen-bond donors (Lipinski definition) is 3. The van der Waals surface area contributed by atoms with Crippen molar-refractivity contribution < 1.29 is 19.7 Å². The van der Waals surface area contributed by atoms with Crippen LogP contribution in [0.2, 0.25) is 0 Å². The Bertz CT molecular complexity index is 724. The number of phenolic OH excluding ortho intramolecular Hbond substituents is 3. The van der Waals surface area contributed by atoms with E-state index >= 15 is 0 Å². The second-order valence-electron chi connectivity index (χ2n) is 3.59. The van der Waals surface area contributed by atoms with Gasteiger partial charge in [0.2, 0.25) is 16.9 Å². The highest BCUT2D eigenvalue weighted by Crippen LogP contribution is 2.40. The lowest BCUT2D eigenvalue weighted by atomic mass is 10.1. The van der Waals surface area contributed by atoms with Gasteiger partial charge < -0.3 is 19.7 Å². The predicted octanol–water partition coefficient (Wildman–Crippen LogP) is 2.20. The molecule has 0 saturated heterocycles. The Kier molecular flexibility index (Phi) is 2.59. The Labute approximate surface area is 102 Å². The SMILES string of the molecule is C=Cc1oc2c(O)c(O)c(O)cc2c(=O)c1C=C. The Morgan fingerprint density at radius 2 is 1.78 bits per heavy atom. The molecule has 0 aliphatic heterocycles. The molecule has 2 aromatic rings. The number of hydrogen-bond acceptors (Lipinski definition) is 5. The smallest absolute Gasteiger partial charge is 0.205 e. The first kappa shape index (κ1) is 11.8. The maximum atomic E-state index is 12.1. The van der Waals surface area contributed by atoms with Crippen LogP contribution in [0.4, 0.5) is 0 Å². The topological polar surface area (TPSA) is 90.9 Å². The van der Waals surface area contributed by atoms with E-state index in [2.05, 4.69) is 13.2 Å². The fourth-order valence-electron chi connectivity index (χ4n) is 1.67. The van der Waals surface area contributed by atoms with E-state index in [4.69, 9.17) is 4.42 Å². The molecule has 1 heterocycles. The average Bonchev–Trinajstić information content (AvgIpc) is 2.37. The molecule has 0 fully saturated rings. The van der Waals surface area contributed by atoms with Gasteiger partial charge in [0.05, 0.1) is 10.9 Å². The standard InChI is InChI=1S/C13H10O5/c1-3-6-9(4-2)18-13-7(10(6)15)5-8(14)11(16)12(13)17/h3-5,14,16-17H,1-2H2. The van der Waals surface area contributed by atoms with Gasteiger partial charge in [0.25, 0.3) is 0 Å². The van der Waals surface area contributed by atoms with Gasteiger partial charge in [-0.2, -0.15) is 0 Å². The second-order valence-corrected chi connectivity index (χ2v) is 3.59. The van der Waals surface area contributed by atoms with Crippen LogP contribution in [0.25, 0.3) is 23.1 Å². The van der Waals surface area contributed by atoms with Crippen molar-refractivity contribution in [3.63, 3.8) is 0 Å². The van der Waals surface area contributed by atoms with Crippen LogP contribution < -0.4 is 5.43 Å². The van der Waals surface area contributed by atoms with Crippen LogP contribution in [0.3, 0.4) is 0 Å². The van der Waals surface area contributed by atoms with Crippen LogP contribution in [0.15, 0.2) is 28.4 Å². The first-order valence-corrected chi connectivity index (χ1v) is 5.00. The molecule has 5 nitrogen and oxygen atoms in total. The van der Waals surface area contributed by atoms with Crippen molar-refractivity contribution in [1.29, 1.82) is 0 Å². The molecule has 0 spiro atoms. The maximum absolute atomic E-state index is 12.1. The highest BCUT2D eigenvalue weighted by molar-refractivity contribution is 5.89. The lowest BCUT2D eigenvalue weighted by molar-refractivity contribution is 0.366. The van der Waals surface area contributed by atoms with Crippen molar-refractivity contribution in [2.45, 2.75) is 0 Å². The van der Waals surface area contributed by atoms with Crippen molar-refractivity contribution in [2.24, 2.45) is 0 Å². The second kappa shape index (κ2) is 3.96. The van der Waals surface area contributed by atoms with Crippen molar-refractivity contribution in [2.75, 3.05) is 0 Å². The average molecular weight is 246 g/mol. The van der Waals surface area contributed by atoms with Crippen LogP contribution >= 0.6 is 0 Å². The van der Waals surface area contributed by atoms with Gasteiger partial charge in [-0.1, -0.05) is 19.2 Å². The van der Waals surface area contributed by atoms with E-state index in [0.717, 1.165) is 6.07 Å². The molecule has 18 heavy (non-hydrogen) atoms. The molecule has 1 aromatic carbocycles. The molecule has 3 N–H and O–H groups in total. The van der Waals surface area contributed by atoms with Crippen molar-refractivity contribution in [3.05, 3.63) is 40.8 Å². The number of aromatic hydroxyl groups is 3. The zero-order valence-corrected chi connectivity index (χ0v) is 9.30. The van der Waals surface area contributed by atoms with Gasteiger partial charge in [-0.25, -0.2) is 0 Å². The minimum atomic E-state index is -0.744. The zero-order chi connectivity index (χ0) is 13.4. The Morgan fingerprint density at radius 1 is 1.11 bits per heavy atom. The summed E-state index contributed by atoms with van der Waals surface area (Å²) in [6.07, 6.45) is 2.59. The van der Waals surface area contributed by atoms with E-state index < -0.39 is 22.7 Å². The van der Waals surface area contributed by atoms with Gasteiger partial charge in [0.15, 0.2) is 11.3 Å². The third kappa shape index (κ3) is 1.45. The van der Waals surface area contributed by atoms with Crippen LogP contribution in [0.1, 0.15) is 11.3 Å². The summed E-state index contributed by atoms with van der Waals surface area (Å²) in [6, 6.07) is 1.02. The number of benzene rings is 1. The van der Waals surface area contributed by atoms with E-state index in [0.29, 0.717) is 0 Å². The molecule has 2 rings (SSSR count). The summed E-state index contributed by atoms with van der Waals surface area (Å²) in [5.74, 6) is -1.91. The quantitative estimate of drug-likeness (QED) is 0.706. The first-order chi connectivity index (χ1) is 8.51. The summed E-state index contributed by atoms with van der Waals surface area (Å²) in [6.45, 7) is 6.97. The van der Waals surface area contributed by atoms with E-state index in [9.17, 15) is 20.1 Å². The summed E-state index contributed by atoms with van der Waals surface area (Å²) in [5.41, 5.74) is -0.524. The lowest BCUT2D eigenvalue weighted by Crippen LogP contribution is -2.07. The molecule has 5 heteroatoms. The van der Waals surface area contributed by atoms with E-state index in [1.54, 1.807) is 0 Å². The molecule has 0 aliphatic carbocycles. The monoisotopic (exact) mass is 246 g/mol. The highest BCUT2D eigenvalue weighted by atomic mass is 16.4. The van der Waals surface area contributed by atoms with E-state index in [-0.39, 0.29) is 22.3 Å². The minimum absolute atomic E-state index is 0.0525. The van der Waals surface area contributed by atoms with Crippen molar-refractivity contribution in [3.8, 4) is 17.2 Å². The molecular weight excluding hydrogens is 236 g/mol. The van der Waals surface area contributed by atoms with Gasteiger partial charge in [0.1, 0.15) is 5.76 Å². The van der Waals surface area contributed by atoms with Gasteiger partial charge in [0, 0.05) is 0 Å². The van der Waals surface area contributed by atoms with Crippen LogP contribution in [0, 0.1) is 0 Å². The molecule has 0 radical (unpaired) electrons. The summed E-state index contributed by atoms with van der Waals surface area (Å²) in [4.78, 5) is 12.1. The Balaban J connectivity index is 3.09. The fraction of sp³-hybridized carbons (Fsp3) is 0. The van der Waals surface area contributed by atoms with E-state index in [1.807, 2.05) is 0 Å². The summed E-state index contributed by atoms with van der Waals surface area (Å²) in [7, 11) is 0.